The lowest BCUT2D eigenvalue weighted by atomic mass is 9.78. The molecular formula is C38H63NO12. The summed E-state index contributed by atoms with van der Waals surface area (Å²) < 4.78 is 44.7. The third-order valence-electron chi connectivity index (χ3n) is 11.8. The van der Waals surface area contributed by atoms with E-state index in [2.05, 4.69) is 11.2 Å². The van der Waals surface area contributed by atoms with Crippen molar-refractivity contribution in [3.63, 3.8) is 0 Å². The van der Waals surface area contributed by atoms with Crippen molar-refractivity contribution >= 4 is 5.97 Å². The smallest absolute Gasteiger partial charge is 0.311 e. The van der Waals surface area contributed by atoms with Gasteiger partial charge < -0.3 is 58.9 Å². The quantitative estimate of drug-likeness (QED) is 0.164. The van der Waals surface area contributed by atoms with Crippen molar-refractivity contribution in [2.45, 2.75) is 179 Å². The Morgan fingerprint density at radius 2 is 1.78 bits per heavy atom. The fourth-order valence-electron chi connectivity index (χ4n) is 8.63. The number of methoxy groups -OCH3 is 1. The number of carbonyl (C=O) groups excluding carboxylic acids is 1. The van der Waals surface area contributed by atoms with Gasteiger partial charge >= 0.3 is 5.97 Å². The first-order chi connectivity index (χ1) is 23.7. The normalized spacial score (nSPS) is 45.5. The van der Waals surface area contributed by atoms with Gasteiger partial charge in [-0.3, -0.25) is 4.79 Å². The topological polar surface area (TPSA) is 175 Å². The molecule has 5 unspecified atom stereocenters. The molecular weight excluding hydrogens is 662 g/mol. The van der Waals surface area contributed by atoms with Gasteiger partial charge in [-0.2, -0.15) is 0 Å². The lowest BCUT2D eigenvalue weighted by Crippen LogP contribution is -2.60. The van der Waals surface area contributed by atoms with Crippen LogP contribution >= 0.6 is 0 Å². The van der Waals surface area contributed by atoms with E-state index in [4.69, 9.17) is 39.6 Å². The van der Waals surface area contributed by atoms with Crippen LogP contribution in [0.5, 0.6) is 0 Å². The second-order valence-corrected chi connectivity index (χ2v) is 16.0. The monoisotopic (exact) mass is 725 g/mol. The van der Waals surface area contributed by atoms with Gasteiger partial charge in [0, 0.05) is 31.9 Å². The van der Waals surface area contributed by atoms with Crippen molar-refractivity contribution in [2.24, 2.45) is 17.8 Å². The van der Waals surface area contributed by atoms with Crippen LogP contribution in [0.25, 0.3) is 0 Å². The minimum atomic E-state index is -1.83. The molecule has 292 valence electrons. The molecule has 0 saturated carbocycles. The Labute approximate surface area is 303 Å². The van der Waals surface area contributed by atoms with E-state index in [1.165, 1.54) is 14.0 Å². The minimum absolute atomic E-state index is 0.158. The van der Waals surface area contributed by atoms with Crippen LogP contribution < -0.4 is 5.32 Å². The van der Waals surface area contributed by atoms with Gasteiger partial charge in [0.2, 0.25) is 0 Å². The van der Waals surface area contributed by atoms with Crippen molar-refractivity contribution in [3.05, 3.63) is 11.3 Å². The molecule has 4 aliphatic rings. The van der Waals surface area contributed by atoms with Crippen molar-refractivity contribution in [1.29, 1.82) is 0 Å². The molecule has 17 atom stereocenters. The number of aliphatic hydroxyl groups is 4. The zero-order valence-corrected chi connectivity index (χ0v) is 32.3. The summed E-state index contributed by atoms with van der Waals surface area (Å²) in [5.41, 5.74) is -3.03. The first-order valence-corrected chi connectivity index (χ1v) is 18.4. The van der Waals surface area contributed by atoms with Gasteiger partial charge in [0.1, 0.15) is 41.4 Å². The van der Waals surface area contributed by atoms with Crippen LogP contribution in [0, 0.1) is 30.1 Å². The highest BCUT2D eigenvalue weighted by molar-refractivity contribution is 5.73. The van der Waals surface area contributed by atoms with E-state index in [0.717, 1.165) is 5.57 Å². The Bertz CT molecular complexity index is 1290. The van der Waals surface area contributed by atoms with Crippen molar-refractivity contribution in [1.82, 2.24) is 5.32 Å². The number of nitrogens with one attached hydrogen (secondary N) is 1. The standard InChI is InChI=1S/C38H63NO12/c1-13-15-39-25-16-20(4)46-35(28(25)41)50-32-22(6)30(48-27-18-36(9,45-12)31(42)24(8)47-27)23(7)34(43)49-33(38(11,44)26(40)14-2)21(5)29-19(3)17-37(32,10)51-29/h1,20-28,30-33,35,39-42,44H,14-18H2,2-12H3/t20?,21-,22-,23+,24?,25?,26-,27-,28?,30-,31-,32+,33+,35-,36?,37+,38+/m0/s1. The molecule has 0 amide bonds. The summed E-state index contributed by atoms with van der Waals surface area (Å²) >= 11 is 0. The summed E-state index contributed by atoms with van der Waals surface area (Å²) in [6.45, 7) is 18.1. The van der Waals surface area contributed by atoms with Crippen LogP contribution in [0.15, 0.2) is 11.3 Å². The molecule has 4 rings (SSSR count). The Kier molecular flexibility index (Phi) is 13.4. The number of aliphatic hydroxyl groups excluding tert-OH is 3. The van der Waals surface area contributed by atoms with E-state index in [-0.39, 0.29) is 25.5 Å². The second kappa shape index (κ2) is 16.3. The highest BCUT2D eigenvalue weighted by Gasteiger charge is 2.56. The lowest BCUT2D eigenvalue weighted by Gasteiger charge is -2.48. The maximum Gasteiger partial charge on any atom is 0.311 e. The molecule has 13 heteroatoms. The molecule has 51 heavy (non-hydrogen) atoms. The molecule has 4 aliphatic heterocycles. The van der Waals surface area contributed by atoms with Crippen LogP contribution in [0.1, 0.15) is 94.9 Å². The molecule has 0 aromatic carbocycles. The van der Waals surface area contributed by atoms with Crippen molar-refractivity contribution < 1.29 is 58.4 Å². The molecule has 5 N–H and O–H groups in total. The Balaban J connectivity index is 1.82. The van der Waals surface area contributed by atoms with Gasteiger partial charge in [0.25, 0.3) is 0 Å². The maximum absolute atomic E-state index is 14.3. The number of cyclic esters (lactones) is 1. The molecule has 2 bridgehead atoms. The molecule has 3 saturated heterocycles. The first kappa shape index (κ1) is 41.9. The van der Waals surface area contributed by atoms with E-state index >= 15 is 0 Å². The Morgan fingerprint density at radius 3 is 2.39 bits per heavy atom. The molecule has 0 radical (unpaired) electrons. The molecule has 0 aromatic rings. The molecule has 0 spiro atoms. The third kappa shape index (κ3) is 8.46. The number of hydrogen-bond donors (Lipinski definition) is 5. The van der Waals surface area contributed by atoms with Gasteiger partial charge in [0.15, 0.2) is 12.6 Å². The van der Waals surface area contributed by atoms with E-state index in [9.17, 15) is 25.2 Å². The maximum atomic E-state index is 14.3. The number of carbonyl (C=O) groups is 1. The molecule has 0 aliphatic carbocycles. The van der Waals surface area contributed by atoms with Crippen LogP contribution in [0.2, 0.25) is 0 Å². The lowest BCUT2D eigenvalue weighted by molar-refractivity contribution is -0.314. The molecule has 13 nitrogen and oxygen atoms in total. The highest BCUT2D eigenvalue weighted by Crippen LogP contribution is 2.48. The van der Waals surface area contributed by atoms with Crippen LogP contribution in [-0.2, 0) is 38.0 Å². The summed E-state index contributed by atoms with van der Waals surface area (Å²) in [5, 5.41) is 48.3. The summed E-state index contributed by atoms with van der Waals surface area (Å²) in [4.78, 5) is 14.3. The zero-order chi connectivity index (χ0) is 38.2. The predicted molar refractivity (Wildman–Crippen MR) is 187 cm³/mol. The van der Waals surface area contributed by atoms with Crippen LogP contribution in [0.3, 0.4) is 0 Å². The molecule has 0 aromatic heterocycles. The molecule has 4 heterocycles. The number of hydrogen-bond acceptors (Lipinski definition) is 13. The van der Waals surface area contributed by atoms with Gasteiger partial charge in [-0.05, 0) is 66.9 Å². The summed E-state index contributed by atoms with van der Waals surface area (Å²) in [6.07, 6.45) is -2.28. The number of rotatable bonds is 10. The van der Waals surface area contributed by atoms with Crippen molar-refractivity contribution in [2.75, 3.05) is 13.7 Å². The summed E-state index contributed by atoms with van der Waals surface area (Å²) in [6, 6.07) is -0.398. The molecule has 3 fully saturated rings. The van der Waals surface area contributed by atoms with Crippen LogP contribution in [-0.4, -0.2) is 124 Å². The van der Waals surface area contributed by atoms with Gasteiger partial charge in [-0.25, -0.2) is 0 Å². The third-order valence-corrected chi connectivity index (χ3v) is 11.8. The number of esters is 1. The van der Waals surface area contributed by atoms with E-state index in [1.807, 2.05) is 27.7 Å². The van der Waals surface area contributed by atoms with Crippen molar-refractivity contribution in [3.8, 4) is 12.3 Å². The second-order valence-electron chi connectivity index (χ2n) is 16.0. The number of terminal acetylenes is 1. The highest BCUT2D eigenvalue weighted by atomic mass is 16.7. The minimum Gasteiger partial charge on any atom is -0.488 e. The van der Waals surface area contributed by atoms with E-state index < -0.39 is 102 Å². The zero-order valence-electron chi connectivity index (χ0n) is 32.3. The van der Waals surface area contributed by atoms with Gasteiger partial charge in [0.05, 0.1) is 48.4 Å². The van der Waals surface area contributed by atoms with Gasteiger partial charge in [-0.15, -0.1) is 6.42 Å². The van der Waals surface area contributed by atoms with Gasteiger partial charge in [-0.1, -0.05) is 26.7 Å². The Morgan fingerprint density at radius 1 is 1.12 bits per heavy atom. The fourth-order valence-corrected chi connectivity index (χ4v) is 8.63. The van der Waals surface area contributed by atoms with E-state index in [0.29, 0.717) is 18.6 Å². The first-order valence-electron chi connectivity index (χ1n) is 18.4. The summed E-state index contributed by atoms with van der Waals surface area (Å²) in [7, 11) is 1.52. The number of ether oxygens (including phenoxy) is 7. The average molecular weight is 726 g/mol. The number of fused-ring (bicyclic) bond motifs is 2. The SMILES string of the molecule is C#CCNC1CC(C)O[C@@H](O[C@@H]2[C@@H](C)[C@H](O[C@H]3CC(C)(OC)[C@@H](O)C(C)O3)[C@@H](C)C(=O)O[C@@H]([C@](C)(O)[C@@H](O)CC)[C@@H](C)C3=C(C)C[C@@]2(C)O3)C1O. The predicted octanol–water partition coefficient (Wildman–Crippen LogP) is 2.55. The summed E-state index contributed by atoms with van der Waals surface area (Å²) in [5.74, 6) is 0.186. The largest absolute Gasteiger partial charge is 0.488 e. The Hall–Kier alpha value is -1.83. The average Bonchev–Trinajstić information content (AvgIpc) is 3.39. The fraction of sp³-hybridized carbons (Fsp3) is 0.868. The van der Waals surface area contributed by atoms with E-state index in [1.54, 1.807) is 34.6 Å². The van der Waals surface area contributed by atoms with Crippen LogP contribution in [0.4, 0.5) is 0 Å².